The van der Waals surface area contributed by atoms with Crippen LogP contribution in [0.3, 0.4) is 0 Å². The van der Waals surface area contributed by atoms with Crippen LogP contribution >= 0.6 is 0 Å². The van der Waals surface area contributed by atoms with E-state index in [1.54, 1.807) is 12.1 Å². The maximum Gasteiger partial charge on any atom is 0.277 e. The number of amides is 4. The van der Waals surface area contributed by atoms with Gasteiger partial charge in [0.05, 0.1) is 6.42 Å². The fraction of sp³-hybridized carbons (Fsp3) is 0.222. The lowest BCUT2D eigenvalue weighted by Gasteiger charge is -2.37. The molecule has 0 saturated carbocycles. The number of hydrogen-bond acceptors (Lipinski definition) is 4. The molecule has 1 atom stereocenters. The van der Waals surface area contributed by atoms with Crippen LogP contribution in [0.2, 0.25) is 0 Å². The van der Waals surface area contributed by atoms with Crippen molar-refractivity contribution >= 4 is 23.6 Å². The summed E-state index contributed by atoms with van der Waals surface area (Å²) in [4.78, 5) is 51.1. The molecule has 1 aromatic heterocycles. The molecule has 4 rings (SSSR count). The Kier molecular flexibility index (Phi) is 3.31. The third-order valence-corrected chi connectivity index (χ3v) is 4.74. The zero-order valence-electron chi connectivity index (χ0n) is 13.3. The molecule has 4 amide bonds. The number of rotatable bonds is 3. The second-order valence-corrected chi connectivity index (χ2v) is 6.18. The molecule has 1 unspecified atom stereocenters. The van der Waals surface area contributed by atoms with E-state index in [9.17, 15) is 19.2 Å². The summed E-state index contributed by atoms with van der Waals surface area (Å²) in [5, 5.41) is 2.19. The van der Waals surface area contributed by atoms with Gasteiger partial charge in [-0.15, -0.1) is 0 Å². The van der Waals surface area contributed by atoms with E-state index in [1.165, 1.54) is 10.8 Å². The zero-order valence-corrected chi connectivity index (χ0v) is 13.3. The van der Waals surface area contributed by atoms with E-state index in [1.807, 2.05) is 30.3 Å². The van der Waals surface area contributed by atoms with Gasteiger partial charge in [-0.3, -0.25) is 29.4 Å². The average molecular weight is 337 g/mol. The van der Waals surface area contributed by atoms with Gasteiger partial charge < -0.3 is 4.57 Å². The number of fused-ring (bicyclic) bond motifs is 2. The van der Waals surface area contributed by atoms with Crippen LogP contribution in [0.25, 0.3) is 0 Å². The van der Waals surface area contributed by atoms with Crippen LogP contribution in [-0.2, 0) is 26.3 Å². The van der Waals surface area contributed by atoms with Crippen LogP contribution in [0.15, 0.2) is 48.7 Å². The average Bonchev–Trinajstić information content (AvgIpc) is 3.19. The minimum atomic E-state index is -1.69. The summed E-state index contributed by atoms with van der Waals surface area (Å²) in [6, 6.07) is 12.6. The molecule has 7 nitrogen and oxygen atoms in total. The van der Waals surface area contributed by atoms with Crippen molar-refractivity contribution in [2.45, 2.75) is 18.4 Å². The molecule has 0 bridgehead atoms. The summed E-state index contributed by atoms with van der Waals surface area (Å²) >= 11 is 0. The first-order valence-electron chi connectivity index (χ1n) is 7.96. The maximum atomic E-state index is 13.1. The normalized spacial score (nSPS) is 22.5. The van der Waals surface area contributed by atoms with Gasteiger partial charge in [-0.1, -0.05) is 30.3 Å². The van der Waals surface area contributed by atoms with Gasteiger partial charge >= 0.3 is 0 Å². The van der Waals surface area contributed by atoms with Crippen molar-refractivity contribution in [3.8, 4) is 0 Å². The third kappa shape index (κ3) is 2.12. The standard InChI is InChI=1S/C18H15N3O4/c22-14-11-18(16(24)19-14)17(25)20(10-8-12-5-2-1-3-6-12)15(23)13-7-4-9-21(13)18/h1-7,9H,8,10-11H2,(H,19,22,24). The highest BCUT2D eigenvalue weighted by Crippen LogP contribution is 2.35. The van der Waals surface area contributed by atoms with E-state index < -0.39 is 29.2 Å². The van der Waals surface area contributed by atoms with Crippen LogP contribution in [0, 0.1) is 0 Å². The number of nitrogens with one attached hydrogen (secondary N) is 1. The van der Waals surface area contributed by atoms with Gasteiger partial charge in [0.1, 0.15) is 5.69 Å². The third-order valence-electron chi connectivity index (χ3n) is 4.74. The molecule has 1 aromatic carbocycles. The van der Waals surface area contributed by atoms with Gasteiger partial charge in [0.2, 0.25) is 11.4 Å². The highest BCUT2D eigenvalue weighted by molar-refractivity contribution is 6.24. The number of nitrogens with zero attached hydrogens (tertiary/aromatic N) is 2. The number of benzene rings is 1. The van der Waals surface area contributed by atoms with Crippen molar-refractivity contribution in [1.29, 1.82) is 0 Å². The molecule has 2 aromatic rings. The lowest BCUT2D eigenvalue weighted by molar-refractivity contribution is -0.146. The molecule has 1 saturated heterocycles. The van der Waals surface area contributed by atoms with Crippen LogP contribution in [0.5, 0.6) is 0 Å². The van der Waals surface area contributed by atoms with Crippen LogP contribution in [-0.4, -0.2) is 39.6 Å². The van der Waals surface area contributed by atoms with Crippen molar-refractivity contribution in [2.75, 3.05) is 6.54 Å². The van der Waals surface area contributed by atoms with E-state index >= 15 is 0 Å². The Morgan fingerprint density at radius 3 is 2.44 bits per heavy atom. The van der Waals surface area contributed by atoms with E-state index in [4.69, 9.17) is 0 Å². The number of aromatic nitrogens is 1. The molecule has 2 aliphatic rings. The largest absolute Gasteiger partial charge is 0.320 e. The smallest absolute Gasteiger partial charge is 0.277 e. The van der Waals surface area contributed by atoms with Crippen molar-refractivity contribution in [2.24, 2.45) is 0 Å². The molecule has 25 heavy (non-hydrogen) atoms. The number of hydrogen-bond donors (Lipinski definition) is 1. The first-order valence-corrected chi connectivity index (χ1v) is 7.96. The summed E-state index contributed by atoms with van der Waals surface area (Å²) in [5.74, 6) is -2.31. The maximum absolute atomic E-state index is 13.1. The summed E-state index contributed by atoms with van der Waals surface area (Å²) in [6.07, 6.45) is 1.68. The number of carbonyl (C=O) groups excluding carboxylic acids is 4. The SMILES string of the molecule is O=C1CC2(C(=O)N1)C(=O)N(CCc1ccccc1)C(=O)c1cccn12. The fourth-order valence-corrected chi connectivity index (χ4v) is 3.49. The van der Waals surface area contributed by atoms with Crippen molar-refractivity contribution < 1.29 is 19.2 Å². The Hall–Kier alpha value is -3.22. The van der Waals surface area contributed by atoms with E-state index in [0.717, 1.165) is 10.5 Å². The van der Waals surface area contributed by atoms with Crippen molar-refractivity contribution in [3.05, 3.63) is 59.9 Å². The second kappa shape index (κ2) is 5.41. The molecular formula is C18H15N3O4. The van der Waals surface area contributed by atoms with E-state index in [-0.39, 0.29) is 18.7 Å². The molecule has 1 spiro atoms. The van der Waals surface area contributed by atoms with Crippen LogP contribution in [0.1, 0.15) is 22.5 Å². The zero-order chi connectivity index (χ0) is 17.6. The highest BCUT2D eigenvalue weighted by Gasteiger charge is 2.60. The molecular weight excluding hydrogens is 322 g/mol. The topological polar surface area (TPSA) is 88.5 Å². The monoisotopic (exact) mass is 337 g/mol. The first kappa shape index (κ1) is 15.3. The van der Waals surface area contributed by atoms with Crippen molar-refractivity contribution in [1.82, 2.24) is 14.8 Å². The Balaban J connectivity index is 1.72. The first-order chi connectivity index (χ1) is 12.0. The molecule has 1 fully saturated rings. The highest BCUT2D eigenvalue weighted by atomic mass is 16.2. The Morgan fingerprint density at radius 1 is 1.00 bits per heavy atom. The molecule has 0 radical (unpaired) electrons. The number of carbonyl (C=O) groups is 4. The van der Waals surface area contributed by atoms with Gasteiger partial charge in [0.15, 0.2) is 0 Å². The molecule has 126 valence electrons. The van der Waals surface area contributed by atoms with Gasteiger partial charge in [-0.2, -0.15) is 0 Å². The van der Waals surface area contributed by atoms with Crippen LogP contribution in [0.4, 0.5) is 0 Å². The van der Waals surface area contributed by atoms with Gasteiger partial charge in [0.25, 0.3) is 17.7 Å². The molecule has 7 heteroatoms. The summed E-state index contributed by atoms with van der Waals surface area (Å²) in [6.45, 7) is 0.149. The van der Waals surface area contributed by atoms with E-state index in [0.29, 0.717) is 6.42 Å². The van der Waals surface area contributed by atoms with Gasteiger partial charge in [0, 0.05) is 12.7 Å². The summed E-state index contributed by atoms with van der Waals surface area (Å²) in [7, 11) is 0. The molecule has 0 aliphatic carbocycles. The predicted octanol–water partition coefficient (Wildman–Crippen LogP) is 0.455. The second-order valence-electron chi connectivity index (χ2n) is 6.18. The summed E-state index contributed by atoms with van der Waals surface area (Å²) < 4.78 is 1.33. The van der Waals surface area contributed by atoms with Crippen LogP contribution < -0.4 is 5.32 Å². The molecule has 1 N–H and O–H groups in total. The van der Waals surface area contributed by atoms with Gasteiger partial charge in [-0.05, 0) is 24.1 Å². The minimum Gasteiger partial charge on any atom is -0.320 e. The Morgan fingerprint density at radius 2 is 1.76 bits per heavy atom. The van der Waals surface area contributed by atoms with Crippen molar-refractivity contribution in [3.63, 3.8) is 0 Å². The fourth-order valence-electron chi connectivity index (χ4n) is 3.49. The quantitative estimate of drug-likeness (QED) is 0.651. The molecule has 3 heterocycles. The lowest BCUT2D eigenvalue weighted by Crippen LogP contribution is -2.61. The molecule has 2 aliphatic heterocycles. The summed E-state index contributed by atoms with van der Waals surface area (Å²) in [5.41, 5.74) is -0.483. The van der Waals surface area contributed by atoms with E-state index in [2.05, 4.69) is 5.32 Å². The lowest BCUT2D eigenvalue weighted by atomic mass is 9.91. The minimum absolute atomic E-state index is 0.149. The Bertz CT molecular complexity index is 902. The van der Waals surface area contributed by atoms with Gasteiger partial charge in [-0.25, -0.2) is 0 Å². The Labute approximate surface area is 143 Å². The predicted molar refractivity (Wildman–Crippen MR) is 86.4 cm³/mol. The number of imide groups is 2.